The summed E-state index contributed by atoms with van der Waals surface area (Å²) >= 11 is 0. The third kappa shape index (κ3) is 3.93. The smallest absolute Gasteiger partial charge is 0.334 e. The summed E-state index contributed by atoms with van der Waals surface area (Å²) in [5, 5.41) is 10.0. The number of benzene rings is 1. The van der Waals surface area contributed by atoms with Crippen LogP contribution >= 0.6 is 0 Å². The third-order valence-corrected chi connectivity index (χ3v) is 2.59. The van der Waals surface area contributed by atoms with Crippen molar-refractivity contribution in [3.05, 3.63) is 23.3 Å². The fourth-order valence-electron chi connectivity index (χ4n) is 1.64. The highest BCUT2D eigenvalue weighted by molar-refractivity contribution is 5.75. The van der Waals surface area contributed by atoms with Gasteiger partial charge < -0.3 is 9.84 Å². The summed E-state index contributed by atoms with van der Waals surface area (Å²) in [4.78, 5) is 24.4. The first-order valence-electron chi connectivity index (χ1n) is 5.84. The zero-order valence-corrected chi connectivity index (χ0v) is 11.5. The van der Waals surface area contributed by atoms with Crippen molar-refractivity contribution in [2.24, 2.45) is 4.99 Å². The molecular weight excluding hydrogens is 246 g/mol. The van der Waals surface area contributed by atoms with Crippen molar-refractivity contribution >= 4 is 12.0 Å². The number of ether oxygens (including phenoxy) is 1. The summed E-state index contributed by atoms with van der Waals surface area (Å²) in [7, 11) is 0. The molecule has 0 radical (unpaired) electrons. The lowest BCUT2D eigenvalue weighted by Gasteiger charge is -2.22. The first kappa shape index (κ1) is 14.9. The lowest BCUT2D eigenvalue weighted by Crippen LogP contribution is -2.15. The topological polar surface area (TPSA) is 76.0 Å². The van der Waals surface area contributed by atoms with Crippen LogP contribution in [-0.4, -0.2) is 23.7 Å². The molecule has 0 saturated heterocycles. The van der Waals surface area contributed by atoms with E-state index < -0.39 is 5.97 Å². The van der Waals surface area contributed by atoms with Gasteiger partial charge >= 0.3 is 5.97 Å². The van der Waals surface area contributed by atoms with Gasteiger partial charge in [0.25, 0.3) is 0 Å². The predicted molar refractivity (Wildman–Crippen MR) is 70.2 cm³/mol. The zero-order valence-electron chi connectivity index (χ0n) is 11.5. The Morgan fingerprint density at radius 2 is 2.05 bits per heavy atom. The molecule has 0 bridgehead atoms. The summed E-state index contributed by atoms with van der Waals surface area (Å²) in [6.45, 7) is 7.21. The minimum atomic E-state index is -0.645. The predicted octanol–water partition coefficient (Wildman–Crippen LogP) is 2.24. The number of aliphatic imine (C=N–C) groups is 1. The number of hydrogen-bond acceptors (Lipinski definition) is 5. The van der Waals surface area contributed by atoms with E-state index in [0.29, 0.717) is 16.9 Å². The molecule has 0 amide bonds. The second-order valence-electron chi connectivity index (χ2n) is 5.27. The van der Waals surface area contributed by atoms with Gasteiger partial charge in [0.05, 0.1) is 0 Å². The molecule has 0 fully saturated rings. The van der Waals surface area contributed by atoms with Gasteiger partial charge in [0.2, 0.25) is 6.08 Å². The van der Waals surface area contributed by atoms with Crippen LogP contribution in [0.1, 0.15) is 31.9 Å². The summed E-state index contributed by atoms with van der Waals surface area (Å²) in [5.41, 5.74) is 1.03. The fourth-order valence-corrected chi connectivity index (χ4v) is 1.64. The minimum Gasteiger partial charge on any atom is -0.507 e. The Balaban J connectivity index is 3.07. The molecule has 1 N–H and O–H groups in total. The maximum atomic E-state index is 11.4. The first-order chi connectivity index (χ1) is 8.75. The lowest BCUT2D eigenvalue weighted by atomic mass is 9.85. The molecule has 1 aromatic carbocycles. The second kappa shape index (κ2) is 5.67. The first-order valence-corrected chi connectivity index (χ1v) is 5.84. The van der Waals surface area contributed by atoms with E-state index in [2.05, 4.69) is 4.99 Å². The van der Waals surface area contributed by atoms with Crippen molar-refractivity contribution in [1.82, 2.24) is 0 Å². The van der Waals surface area contributed by atoms with Crippen LogP contribution in [0.15, 0.2) is 17.1 Å². The number of carbonyl (C=O) groups is 1. The van der Waals surface area contributed by atoms with Crippen molar-refractivity contribution in [3.63, 3.8) is 0 Å². The molecular formula is C14H17NO4. The number of nitrogens with zero attached hydrogens (tertiary/aromatic N) is 1. The summed E-state index contributed by atoms with van der Waals surface area (Å²) < 4.78 is 5.07. The van der Waals surface area contributed by atoms with Gasteiger partial charge in [0.15, 0.2) is 0 Å². The van der Waals surface area contributed by atoms with Gasteiger partial charge in [-0.3, -0.25) is 0 Å². The van der Waals surface area contributed by atoms with Crippen molar-refractivity contribution in [1.29, 1.82) is 0 Å². The van der Waals surface area contributed by atoms with Gasteiger partial charge in [-0.05, 0) is 30.0 Å². The third-order valence-electron chi connectivity index (χ3n) is 2.59. The monoisotopic (exact) mass is 263 g/mol. The Morgan fingerprint density at radius 1 is 1.42 bits per heavy atom. The van der Waals surface area contributed by atoms with Crippen molar-refractivity contribution < 1.29 is 19.4 Å². The van der Waals surface area contributed by atoms with E-state index >= 15 is 0 Å². The van der Waals surface area contributed by atoms with Crippen molar-refractivity contribution in [2.45, 2.75) is 33.1 Å². The Hall–Kier alpha value is -2.13. The highest BCUT2D eigenvalue weighted by Crippen LogP contribution is 2.36. The van der Waals surface area contributed by atoms with Crippen LogP contribution in [0.3, 0.4) is 0 Å². The SMILES string of the molecule is Cc1cc(OC(=O)CN=C=O)cc(C(C)(C)C)c1O. The Morgan fingerprint density at radius 3 is 2.58 bits per heavy atom. The van der Waals surface area contributed by atoms with E-state index in [1.807, 2.05) is 20.8 Å². The van der Waals surface area contributed by atoms with Gasteiger partial charge in [0.1, 0.15) is 18.0 Å². The number of carbonyl (C=O) groups excluding carboxylic acids is 2. The number of aryl methyl sites for hydroxylation is 1. The van der Waals surface area contributed by atoms with Gasteiger partial charge in [-0.25, -0.2) is 9.59 Å². The van der Waals surface area contributed by atoms with Crippen LogP contribution in [0.2, 0.25) is 0 Å². The van der Waals surface area contributed by atoms with Crippen LogP contribution in [0.25, 0.3) is 0 Å². The molecule has 0 saturated carbocycles. The lowest BCUT2D eigenvalue weighted by molar-refractivity contribution is -0.132. The number of isocyanates is 1. The normalized spacial score (nSPS) is 10.7. The van der Waals surface area contributed by atoms with Crippen LogP contribution in [-0.2, 0) is 15.0 Å². The molecule has 102 valence electrons. The minimum absolute atomic E-state index is 0.193. The summed E-state index contributed by atoms with van der Waals surface area (Å²) in [6.07, 6.45) is 1.27. The Labute approximate surface area is 111 Å². The summed E-state index contributed by atoms with van der Waals surface area (Å²) in [6, 6.07) is 3.18. The van der Waals surface area contributed by atoms with Crippen LogP contribution in [0.5, 0.6) is 11.5 Å². The molecule has 0 spiro atoms. The van der Waals surface area contributed by atoms with E-state index in [1.54, 1.807) is 19.1 Å². The zero-order chi connectivity index (χ0) is 14.6. The number of phenolic OH excluding ortho intramolecular Hbond substituents is 1. The molecule has 1 aromatic rings. The quantitative estimate of drug-likeness (QED) is 0.393. The van der Waals surface area contributed by atoms with Crippen molar-refractivity contribution in [3.8, 4) is 11.5 Å². The maximum Gasteiger partial charge on any atom is 0.334 e. The molecule has 0 heterocycles. The molecule has 1 rings (SSSR count). The van der Waals surface area contributed by atoms with Gasteiger partial charge in [0, 0.05) is 5.56 Å². The fraction of sp³-hybridized carbons (Fsp3) is 0.429. The van der Waals surface area contributed by atoms with Crippen LogP contribution < -0.4 is 4.74 Å². The number of rotatable bonds is 3. The number of esters is 1. The molecule has 5 nitrogen and oxygen atoms in total. The number of phenols is 1. The van der Waals surface area contributed by atoms with Crippen LogP contribution in [0.4, 0.5) is 0 Å². The largest absolute Gasteiger partial charge is 0.507 e. The van der Waals surface area contributed by atoms with Gasteiger partial charge in [-0.15, -0.1) is 0 Å². The number of hydrogen-bond donors (Lipinski definition) is 1. The molecule has 0 aliphatic heterocycles. The molecule has 19 heavy (non-hydrogen) atoms. The van der Waals surface area contributed by atoms with Gasteiger partial charge in [-0.1, -0.05) is 20.8 Å². The van der Waals surface area contributed by atoms with E-state index in [9.17, 15) is 14.7 Å². The highest BCUT2D eigenvalue weighted by atomic mass is 16.5. The molecule has 0 aliphatic carbocycles. The second-order valence-corrected chi connectivity index (χ2v) is 5.27. The number of aromatic hydroxyl groups is 1. The standard InChI is InChI=1S/C14H17NO4/c1-9-5-10(19-12(17)7-15-8-16)6-11(13(9)18)14(2,3)4/h5-6,18H,7H2,1-4H3. The van der Waals surface area contributed by atoms with E-state index in [0.717, 1.165) is 0 Å². The van der Waals surface area contributed by atoms with Crippen LogP contribution in [0, 0.1) is 6.92 Å². The average molecular weight is 263 g/mol. The van der Waals surface area contributed by atoms with E-state index in [-0.39, 0.29) is 17.7 Å². The molecule has 0 aliphatic rings. The Kier molecular flexibility index (Phi) is 4.46. The molecule has 0 unspecified atom stereocenters. The summed E-state index contributed by atoms with van der Waals surface area (Å²) in [5.74, 6) is -0.127. The van der Waals surface area contributed by atoms with Crippen molar-refractivity contribution in [2.75, 3.05) is 6.54 Å². The molecule has 0 aromatic heterocycles. The van der Waals surface area contributed by atoms with Gasteiger partial charge in [-0.2, -0.15) is 4.99 Å². The average Bonchev–Trinajstić information content (AvgIpc) is 2.29. The van der Waals surface area contributed by atoms with E-state index in [1.165, 1.54) is 6.08 Å². The molecule has 5 heteroatoms. The highest BCUT2D eigenvalue weighted by Gasteiger charge is 2.21. The maximum absolute atomic E-state index is 11.4. The Bertz CT molecular complexity index is 537. The van der Waals surface area contributed by atoms with E-state index in [4.69, 9.17) is 4.74 Å². The molecule has 0 atom stereocenters.